The Morgan fingerprint density at radius 1 is 0.853 bits per heavy atom. The first kappa shape index (κ1) is 24.3. The summed E-state index contributed by atoms with van der Waals surface area (Å²) in [6, 6.07) is 26.8. The fourth-order valence-electron chi connectivity index (χ4n) is 3.75. The van der Waals surface area contributed by atoms with Crippen molar-refractivity contribution in [3.05, 3.63) is 120 Å². The number of carboxylic acids is 1. The molecule has 0 aliphatic rings. The van der Waals surface area contributed by atoms with E-state index in [4.69, 9.17) is 4.74 Å². The van der Waals surface area contributed by atoms with Gasteiger partial charge in [-0.15, -0.1) is 0 Å². The molecule has 1 atom stereocenters. The monoisotopic (exact) mass is 458 g/mol. The van der Waals surface area contributed by atoms with Gasteiger partial charge in [0.2, 0.25) is 5.91 Å². The smallest absolute Gasteiger partial charge is 0.408 e. The van der Waals surface area contributed by atoms with Crippen LogP contribution < -0.4 is 10.6 Å². The van der Waals surface area contributed by atoms with Crippen molar-refractivity contribution in [2.24, 2.45) is 0 Å². The van der Waals surface area contributed by atoms with Gasteiger partial charge in [0.25, 0.3) is 0 Å². The summed E-state index contributed by atoms with van der Waals surface area (Å²) < 4.78 is 4.80. The van der Waals surface area contributed by atoms with Gasteiger partial charge in [0.1, 0.15) is 18.2 Å². The van der Waals surface area contributed by atoms with E-state index in [1.54, 1.807) is 0 Å². The molecule has 0 aromatic heterocycles. The Bertz CT molecular complexity index is 1020. The molecule has 3 rings (SSSR count). The zero-order chi connectivity index (χ0) is 24.4. The SMILES string of the molecule is C=CCOC(=O)N[C@@H](CC(=O)NC(c1ccccc1)(c1ccccc1)c1ccccc1)C(=O)O. The summed E-state index contributed by atoms with van der Waals surface area (Å²) in [4.78, 5) is 36.9. The van der Waals surface area contributed by atoms with Crippen molar-refractivity contribution in [3.8, 4) is 0 Å². The summed E-state index contributed by atoms with van der Waals surface area (Å²) >= 11 is 0. The van der Waals surface area contributed by atoms with E-state index in [1.807, 2.05) is 91.0 Å². The number of ether oxygens (including phenoxy) is 1. The Kier molecular flexibility index (Phi) is 8.18. The van der Waals surface area contributed by atoms with Crippen LogP contribution in [0.4, 0.5) is 4.79 Å². The van der Waals surface area contributed by atoms with Gasteiger partial charge in [0, 0.05) is 0 Å². The van der Waals surface area contributed by atoms with Crippen molar-refractivity contribution in [1.82, 2.24) is 10.6 Å². The fraction of sp³-hybridized carbons (Fsp3) is 0.148. The third kappa shape index (κ3) is 5.69. The first-order valence-corrected chi connectivity index (χ1v) is 10.7. The van der Waals surface area contributed by atoms with Crippen molar-refractivity contribution in [2.75, 3.05) is 6.61 Å². The molecule has 0 saturated carbocycles. The maximum Gasteiger partial charge on any atom is 0.408 e. The lowest BCUT2D eigenvalue weighted by atomic mass is 9.77. The van der Waals surface area contributed by atoms with Gasteiger partial charge in [0.05, 0.1) is 6.42 Å². The lowest BCUT2D eigenvalue weighted by Crippen LogP contribution is -2.51. The summed E-state index contributed by atoms with van der Waals surface area (Å²) in [6.45, 7) is 3.36. The number of alkyl carbamates (subject to hydrolysis) is 1. The Morgan fingerprint density at radius 3 is 1.68 bits per heavy atom. The van der Waals surface area contributed by atoms with Crippen molar-refractivity contribution in [3.63, 3.8) is 0 Å². The van der Waals surface area contributed by atoms with E-state index in [1.165, 1.54) is 6.08 Å². The van der Waals surface area contributed by atoms with Crippen molar-refractivity contribution in [1.29, 1.82) is 0 Å². The number of nitrogens with one attached hydrogen (secondary N) is 2. The van der Waals surface area contributed by atoms with Gasteiger partial charge in [-0.1, -0.05) is 104 Å². The molecule has 0 unspecified atom stereocenters. The maximum absolute atomic E-state index is 13.3. The van der Waals surface area contributed by atoms with Crippen LogP contribution in [0.5, 0.6) is 0 Å². The number of rotatable bonds is 10. The van der Waals surface area contributed by atoms with E-state index in [0.29, 0.717) is 0 Å². The van der Waals surface area contributed by atoms with Crippen LogP contribution in [-0.2, 0) is 19.9 Å². The van der Waals surface area contributed by atoms with Crippen LogP contribution in [0.2, 0.25) is 0 Å². The number of hydrogen-bond acceptors (Lipinski definition) is 4. The van der Waals surface area contributed by atoms with E-state index < -0.39 is 36.0 Å². The molecule has 2 amide bonds. The van der Waals surface area contributed by atoms with E-state index >= 15 is 0 Å². The molecule has 174 valence electrons. The molecule has 7 heteroatoms. The van der Waals surface area contributed by atoms with Gasteiger partial charge in [-0.3, -0.25) is 4.79 Å². The minimum absolute atomic E-state index is 0.0799. The zero-order valence-electron chi connectivity index (χ0n) is 18.5. The van der Waals surface area contributed by atoms with Gasteiger partial charge in [-0.2, -0.15) is 0 Å². The molecular weight excluding hydrogens is 432 g/mol. The number of amides is 2. The third-order valence-corrected chi connectivity index (χ3v) is 5.26. The molecule has 3 aromatic rings. The van der Waals surface area contributed by atoms with Gasteiger partial charge in [-0.25, -0.2) is 9.59 Å². The molecule has 0 aliphatic heterocycles. The van der Waals surface area contributed by atoms with Crippen molar-refractivity contribution < 1.29 is 24.2 Å². The van der Waals surface area contributed by atoms with Crippen LogP contribution in [0.3, 0.4) is 0 Å². The molecule has 0 aliphatic carbocycles. The molecular formula is C27H26N2O5. The summed E-state index contributed by atoms with van der Waals surface area (Å²) in [5.74, 6) is -1.91. The number of carboxylic acid groups (broad SMARTS) is 1. The molecule has 0 fully saturated rings. The van der Waals surface area contributed by atoms with Crippen LogP contribution in [0, 0.1) is 0 Å². The summed E-state index contributed by atoms with van der Waals surface area (Å²) in [7, 11) is 0. The second kappa shape index (κ2) is 11.5. The predicted molar refractivity (Wildman–Crippen MR) is 128 cm³/mol. The summed E-state index contributed by atoms with van der Waals surface area (Å²) in [5, 5.41) is 14.9. The Morgan fingerprint density at radius 2 is 1.29 bits per heavy atom. The first-order valence-electron chi connectivity index (χ1n) is 10.7. The van der Waals surface area contributed by atoms with E-state index in [2.05, 4.69) is 17.2 Å². The molecule has 3 N–H and O–H groups in total. The highest BCUT2D eigenvalue weighted by molar-refractivity contribution is 5.88. The van der Waals surface area contributed by atoms with Crippen LogP contribution in [0.15, 0.2) is 104 Å². The Balaban J connectivity index is 2.00. The predicted octanol–water partition coefficient (Wildman–Crippen LogP) is 3.85. The van der Waals surface area contributed by atoms with Gasteiger partial charge < -0.3 is 20.5 Å². The summed E-state index contributed by atoms with van der Waals surface area (Å²) in [6.07, 6.45) is -0.0801. The van der Waals surface area contributed by atoms with Crippen molar-refractivity contribution in [2.45, 2.75) is 18.0 Å². The number of hydrogen-bond donors (Lipinski definition) is 3. The number of carbonyl (C=O) groups excluding carboxylic acids is 2. The molecule has 34 heavy (non-hydrogen) atoms. The van der Waals surface area contributed by atoms with Crippen LogP contribution in [0.1, 0.15) is 23.1 Å². The molecule has 7 nitrogen and oxygen atoms in total. The second-order valence-electron chi connectivity index (χ2n) is 7.52. The Hall–Kier alpha value is -4.39. The quantitative estimate of drug-likeness (QED) is 0.316. The second-order valence-corrected chi connectivity index (χ2v) is 7.52. The standard InChI is InChI=1S/C27H26N2O5/c1-2-18-34-26(33)28-23(25(31)32)19-24(30)29-27(20-12-6-3-7-13-20,21-14-8-4-9-15-21)22-16-10-5-11-17-22/h2-17,23H,1,18-19H2,(H,28,33)(H,29,30)(H,31,32)/t23-/m0/s1. The van der Waals surface area contributed by atoms with E-state index in [0.717, 1.165) is 16.7 Å². The topological polar surface area (TPSA) is 105 Å². The number of aliphatic carboxylic acids is 1. The van der Waals surface area contributed by atoms with E-state index in [-0.39, 0.29) is 6.61 Å². The Labute approximate surface area is 198 Å². The maximum atomic E-state index is 13.3. The lowest BCUT2D eigenvalue weighted by Gasteiger charge is -2.37. The normalized spacial score (nSPS) is 11.6. The zero-order valence-corrected chi connectivity index (χ0v) is 18.5. The number of benzene rings is 3. The van der Waals surface area contributed by atoms with Gasteiger partial charge in [0.15, 0.2) is 0 Å². The molecule has 3 aromatic carbocycles. The highest BCUT2D eigenvalue weighted by atomic mass is 16.5. The van der Waals surface area contributed by atoms with Crippen LogP contribution in [0.25, 0.3) is 0 Å². The molecule has 0 spiro atoms. The highest BCUT2D eigenvalue weighted by Crippen LogP contribution is 2.36. The molecule has 0 bridgehead atoms. The largest absolute Gasteiger partial charge is 0.480 e. The lowest BCUT2D eigenvalue weighted by molar-refractivity contribution is -0.141. The third-order valence-electron chi connectivity index (χ3n) is 5.26. The molecule has 0 radical (unpaired) electrons. The average Bonchev–Trinajstić information content (AvgIpc) is 2.87. The van der Waals surface area contributed by atoms with Gasteiger partial charge >= 0.3 is 12.1 Å². The molecule has 0 saturated heterocycles. The fourth-order valence-corrected chi connectivity index (χ4v) is 3.75. The minimum atomic E-state index is -1.47. The van der Waals surface area contributed by atoms with Crippen molar-refractivity contribution >= 4 is 18.0 Å². The van der Waals surface area contributed by atoms with Crippen LogP contribution >= 0.6 is 0 Å². The van der Waals surface area contributed by atoms with E-state index in [9.17, 15) is 19.5 Å². The average molecular weight is 459 g/mol. The minimum Gasteiger partial charge on any atom is -0.480 e. The van der Waals surface area contributed by atoms with Gasteiger partial charge in [-0.05, 0) is 16.7 Å². The highest BCUT2D eigenvalue weighted by Gasteiger charge is 2.38. The molecule has 0 heterocycles. The van der Waals surface area contributed by atoms with Crippen LogP contribution in [-0.4, -0.2) is 35.7 Å². The first-order chi connectivity index (χ1) is 16.5. The number of carbonyl (C=O) groups is 3. The summed E-state index contributed by atoms with van der Waals surface area (Å²) in [5.41, 5.74) is 1.30.